The van der Waals surface area contributed by atoms with Gasteiger partial charge in [-0.2, -0.15) is 5.10 Å². The van der Waals surface area contributed by atoms with Crippen LogP contribution < -0.4 is 0 Å². The van der Waals surface area contributed by atoms with Crippen molar-refractivity contribution in [2.45, 2.75) is 25.0 Å². The molecular weight excluding hydrogens is 309 g/mol. The molecule has 1 aromatic heterocycles. The molecule has 4 rings (SSSR count). The molecule has 0 radical (unpaired) electrons. The summed E-state index contributed by atoms with van der Waals surface area (Å²) in [4.78, 5) is 2.38. The van der Waals surface area contributed by atoms with Crippen molar-refractivity contribution in [1.29, 1.82) is 0 Å². The summed E-state index contributed by atoms with van der Waals surface area (Å²) in [5.74, 6) is -0.231. The highest BCUT2D eigenvalue weighted by molar-refractivity contribution is 5.63. The topological polar surface area (TPSA) is 50.4 Å². The van der Waals surface area contributed by atoms with E-state index < -0.39 is 0 Å². The zero-order chi connectivity index (χ0) is 16.4. The molecule has 0 unspecified atom stereocenters. The van der Waals surface area contributed by atoms with E-state index in [9.17, 15) is 4.39 Å². The minimum Gasteiger partial charge on any atom is -0.381 e. The molecule has 1 aromatic carbocycles. The maximum Gasteiger partial charge on any atom is 0.132 e. The van der Waals surface area contributed by atoms with E-state index in [4.69, 9.17) is 9.47 Å². The molecule has 2 aliphatic rings. The minimum absolute atomic E-state index is 0.0849. The van der Waals surface area contributed by atoms with Gasteiger partial charge in [-0.05, 0) is 12.1 Å². The van der Waals surface area contributed by atoms with E-state index >= 15 is 0 Å². The number of halogens is 1. The average Bonchev–Trinajstić information content (AvgIpc) is 3.04. The number of nitrogens with zero attached hydrogens (tertiary/aromatic N) is 2. The summed E-state index contributed by atoms with van der Waals surface area (Å²) < 4.78 is 25.7. The molecule has 0 saturated carbocycles. The number of ether oxygens (including phenoxy) is 2. The van der Waals surface area contributed by atoms with Crippen LogP contribution in [0.4, 0.5) is 4.39 Å². The van der Waals surface area contributed by atoms with Crippen molar-refractivity contribution in [2.75, 3.05) is 32.9 Å². The van der Waals surface area contributed by atoms with Crippen LogP contribution in [0.2, 0.25) is 0 Å². The third-order valence-corrected chi connectivity index (χ3v) is 4.99. The maximum atomic E-state index is 14.1. The fraction of sp³-hybridized carbons (Fsp3) is 0.500. The molecule has 6 heteroatoms. The molecule has 2 saturated heterocycles. The lowest BCUT2D eigenvalue weighted by atomic mass is 9.92. The van der Waals surface area contributed by atoms with Crippen LogP contribution in [-0.2, 0) is 16.0 Å². The summed E-state index contributed by atoms with van der Waals surface area (Å²) in [5, 5.41) is 7.10. The number of H-pyrrole nitrogens is 1. The molecule has 2 aliphatic heterocycles. The minimum atomic E-state index is -0.231. The Kier molecular flexibility index (Phi) is 4.35. The highest BCUT2D eigenvalue weighted by Crippen LogP contribution is 2.31. The largest absolute Gasteiger partial charge is 0.381 e. The molecular formula is C18H22FN3O2. The zero-order valence-electron chi connectivity index (χ0n) is 13.6. The van der Waals surface area contributed by atoms with Gasteiger partial charge in [-0.15, -0.1) is 0 Å². The first-order chi connectivity index (χ1) is 11.8. The van der Waals surface area contributed by atoms with Crippen molar-refractivity contribution < 1.29 is 13.9 Å². The molecule has 0 aliphatic carbocycles. The summed E-state index contributed by atoms with van der Waals surface area (Å²) in [7, 11) is 0. The number of aromatic amines is 1. The van der Waals surface area contributed by atoms with Gasteiger partial charge in [-0.1, -0.05) is 12.1 Å². The van der Waals surface area contributed by atoms with Gasteiger partial charge in [0.15, 0.2) is 0 Å². The molecule has 0 bridgehead atoms. The summed E-state index contributed by atoms with van der Waals surface area (Å²) >= 11 is 0. The van der Waals surface area contributed by atoms with Crippen molar-refractivity contribution in [3.8, 4) is 11.3 Å². The number of hydrogen-bond donors (Lipinski definition) is 1. The molecule has 2 fully saturated rings. The molecule has 0 atom stereocenters. The van der Waals surface area contributed by atoms with E-state index in [1.165, 1.54) is 6.07 Å². The highest BCUT2D eigenvalue weighted by atomic mass is 19.1. The number of hydrogen-bond acceptors (Lipinski definition) is 4. The lowest BCUT2D eigenvalue weighted by Crippen LogP contribution is -2.54. The SMILES string of the molecule is Fc1ccccc1-c1[nH]ncc1CN1CCOC2(CCOCC2)C1. The first-order valence-corrected chi connectivity index (χ1v) is 8.47. The summed E-state index contributed by atoms with van der Waals surface area (Å²) in [6.07, 6.45) is 3.68. The van der Waals surface area contributed by atoms with Crippen LogP contribution in [0.25, 0.3) is 11.3 Å². The van der Waals surface area contributed by atoms with E-state index in [-0.39, 0.29) is 11.4 Å². The first-order valence-electron chi connectivity index (χ1n) is 8.47. The van der Waals surface area contributed by atoms with Crippen molar-refractivity contribution in [3.63, 3.8) is 0 Å². The van der Waals surface area contributed by atoms with E-state index in [0.717, 1.165) is 63.6 Å². The quantitative estimate of drug-likeness (QED) is 0.939. The smallest absolute Gasteiger partial charge is 0.132 e. The van der Waals surface area contributed by atoms with Gasteiger partial charge in [0.2, 0.25) is 0 Å². The second kappa shape index (κ2) is 6.63. The van der Waals surface area contributed by atoms with Crippen molar-refractivity contribution in [3.05, 3.63) is 41.8 Å². The van der Waals surface area contributed by atoms with Gasteiger partial charge in [0.25, 0.3) is 0 Å². The summed E-state index contributed by atoms with van der Waals surface area (Å²) in [6, 6.07) is 6.80. The predicted octanol–water partition coefficient (Wildman–Crippen LogP) is 2.60. The number of nitrogens with one attached hydrogen (secondary N) is 1. The molecule has 1 N–H and O–H groups in total. The highest BCUT2D eigenvalue weighted by Gasteiger charge is 2.38. The van der Waals surface area contributed by atoms with Crippen LogP contribution >= 0.6 is 0 Å². The third-order valence-electron chi connectivity index (χ3n) is 4.99. The Bertz CT molecular complexity index is 692. The van der Waals surface area contributed by atoms with E-state index in [0.29, 0.717) is 5.56 Å². The Balaban J connectivity index is 1.52. The Morgan fingerprint density at radius 3 is 2.88 bits per heavy atom. The fourth-order valence-electron chi connectivity index (χ4n) is 3.67. The number of morpholine rings is 1. The van der Waals surface area contributed by atoms with Gasteiger partial charge in [-0.25, -0.2) is 4.39 Å². The molecule has 24 heavy (non-hydrogen) atoms. The predicted molar refractivity (Wildman–Crippen MR) is 88.0 cm³/mol. The summed E-state index contributed by atoms with van der Waals surface area (Å²) in [5.41, 5.74) is 2.27. The summed E-state index contributed by atoms with van der Waals surface area (Å²) in [6.45, 7) is 4.77. The van der Waals surface area contributed by atoms with Crippen LogP contribution in [0.1, 0.15) is 18.4 Å². The van der Waals surface area contributed by atoms with Gasteiger partial charge in [0.05, 0.1) is 24.1 Å². The van der Waals surface area contributed by atoms with Gasteiger partial charge in [-0.3, -0.25) is 10.00 Å². The van der Waals surface area contributed by atoms with Crippen LogP contribution in [-0.4, -0.2) is 53.6 Å². The van der Waals surface area contributed by atoms with Gasteiger partial charge < -0.3 is 9.47 Å². The zero-order valence-corrected chi connectivity index (χ0v) is 13.6. The molecule has 2 aromatic rings. The van der Waals surface area contributed by atoms with Crippen LogP contribution in [0.15, 0.2) is 30.5 Å². The number of aromatic nitrogens is 2. The van der Waals surface area contributed by atoms with Gasteiger partial charge >= 0.3 is 0 Å². The van der Waals surface area contributed by atoms with E-state index in [1.54, 1.807) is 18.3 Å². The fourth-order valence-corrected chi connectivity index (χ4v) is 3.67. The van der Waals surface area contributed by atoms with Crippen molar-refractivity contribution in [1.82, 2.24) is 15.1 Å². The molecule has 128 valence electrons. The standard InChI is InChI=1S/C18H22FN3O2/c19-16-4-2-1-3-15(16)17-14(11-20-21-17)12-22-7-10-24-18(13-22)5-8-23-9-6-18/h1-4,11H,5-10,12-13H2,(H,20,21). The Hall–Kier alpha value is -1.76. The van der Waals surface area contributed by atoms with Gasteiger partial charge in [0.1, 0.15) is 5.82 Å². The van der Waals surface area contributed by atoms with E-state index in [2.05, 4.69) is 15.1 Å². The lowest BCUT2D eigenvalue weighted by Gasteiger charge is -2.44. The third kappa shape index (κ3) is 3.09. The molecule has 1 spiro atoms. The average molecular weight is 331 g/mol. The molecule has 3 heterocycles. The lowest BCUT2D eigenvalue weighted by molar-refractivity contribution is -0.155. The monoisotopic (exact) mass is 331 g/mol. The number of benzene rings is 1. The number of rotatable bonds is 3. The second-order valence-corrected chi connectivity index (χ2v) is 6.60. The van der Waals surface area contributed by atoms with E-state index in [1.807, 2.05) is 6.07 Å². The first kappa shape index (κ1) is 15.7. The van der Waals surface area contributed by atoms with Crippen LogP contribution in [0, 0.1) is 5.82 Å². The Morgan fingerprint density at radius 1 is 1.21 bits per heavy atom. The van der Waals surface area contributed by atoms with Crippen molar-refractivity contribution in [2.24, 2.45) is 0 Å². The normalized spacial score (nSPS) is 21.2. The maximum absolute atomic E-state index is 14.1. The molecule has 0 amide bonds. The van der Waals surface area contributed by atoms with Crippen LogP contribution in [0.3, 0.4) is 0 Å². The van der Waals surface area contributed by atoms with Gasteiger partial charge in [0, 0.05) is 56.8 Å². The Labute approximate surface area is 140 Å². The second-order valence-electron chi connectivity index (χ2n) is 6.60. The van der Waals surface area contributed by atoms with Crippen molar-refractivity contribution >= 4 is 0 Å². The molecule has 5 nitrogen and oxygen atoms in total. The van der Waals surface area contributed by atoms with Crippen LogP contribution in [0.5, 0.6) is 0 Å². The Morgan fingerprint density at radius 2 is 2.04 bits per heavy atom.